The molecule has 0 aliphatic heterocycles. The second kappa shape index (κ2) is 4.77. The monoisotopic (exact) mass is 213 g/mol. The average molecular weight is 213 g/mol. The molecule has 0 radical (unpaired) electrons. The number of para-hydroxylation sites is 1. The molecule has 0 spiro atoms. The second-order valence-corrected chi connectivity index (χ2v) is 3.63. The summed E-state index contributed by atoms with van der Waals surface area (Å²) < 4.78 is 1.86. The highest BCUT2D eigenvalue weighted by Gasteiger charge is 2.01. The Morgan fingerprint density at radius 1 is 1.38 bits per heavy atom. The van der Waals surface area contributed by atoms with Crippen LogP contribution in [-0.2, 0) is 0 Å². The van der Waals surface area contributed by atoms with Gasteiger partial charge in [0.15, 0.2) is 0 Å². The van der Waals surface area contributed by atoms with Crippen molar-refractivity contribution < 1.29 is 0 Å². The Labute approximate surface area is 95.2 Å². The van der Waals surface area contributed by atoms with E-state index in [1.807, 2.05) is 60.4 Å². The van der Waals surface area contributed by atoms with Crippen molar-refractivity contribution in [3.05, 3.63) is 54.4 Å². The van der Waals surface area contributed by atoms with E-state index in [1.54, 1.807) is 0 Å². The molecule has 1 aromatic carbocycles. The molecule has 0 atom stereocenters. The van der Waals surface area contributed by atoms with Crippen LogP contribution < -0.4 is 5.73 Å². The Balaban J connectivity index is 2.30. The Hall–Kier alpha value is -1.87. The van der Waals surface area contributed by atoms with E-state index < -0.39 is 0 Å². The van der Waals surface area contributed by atoms with Crippen molar-refractivity contribution >= 4 is 5.57 Å². The molecular formula is C13H15N3. The Morgan fingerprint density at radius 3 is 2.81 bits per heavy atom. The number of benzene rings is 1. The van der Waals surface area contributed by atoms with Gasteiger partial charge in [0, 0.05) is 18.3 Å². The van der Waals surface area contributed by atoms with E-state index in [1.165, 1.54) is 0 Å². The van der Waals surface area contributed by atoms with Crippen LogP contribution in [0, 0.1) is 0 Å². The van der Waals surface area contributed by atoms with Crippen LogP contribution in [0.15, 0.2) is 48.8 Å². The number of hydrogen-bond acceptors (Lipinski definition) is 2. The molecule has 0 saturated carbocycles. The molecule has 16 heavy (non-hydrogen) atoms. The smallest absolute Gasteiger partial charge is 0.0645 e. The van der Waals surface area contributed by atoms with Crippen molar-refractivity contribution in [1.29, 1.82) is 0 Å². The van der Waals surface area contributed by atoms with Gasteiger partial charge in [-0.3, -0.25) is 0 Å². The van der Waals surface area contributed by atoms with Crippen molar-refractivity contribution in [3.8, 4) is 5.69 Å². The summed E-state index contributed by atoms with van der Waals surface area (Å²) in [4.78, 5) is 0. The van der Waals surface area contributed by atoms with Crippen molar-refractivity contribution in [3.63, 3.8) is 0 Å². The molecule has 82 valence electrons. The van der Waals surface area contributed by atoms with Crippen LogP contribution >= 0.6 is 0 Å². The lowest BCUT2D eigenvalue weighted by Crippen LogP contribution is -1.94. The lowest BCUT2D eigenvalue weighted by molar-refractivity contribution is 0.880. The Bertz CT molecular complexity index is 483. The third-order valence-corrected chi connectivity index (χ3v) is 2.48. The minimum absolute atomic E-state index is 0.558. The van der Waals surface area contributed by atoms with Crippen molar-refractivity contribution in [2.24, 2.45) is 5.73 Å². The van der Waals surface area contributed by atoms with Gasteiger partial charge in [0.1, 0.15) is 0 Å². The van der Waals surface area contributed by atoms with E-state index in [9.17, 15) is 0 Å². The first kappa shape index (κ1) is 10.6. The van der Waals surface area contributed by atoms with E-state index in [4.69, 9.17) is 5.73 Å². The van der Waals surface area contributed by atoms with Gasteiger partial charge < -0.3 is 5.73 Å². The maximum absolute atomic E-state index is 5.48. The van der Waals surface area contributed by atoms with Crippen molar-refractivity contribution in [1.82, 2.24) is 9.78 Å². The third kappa shape index (κ3) is 2.20. The van der Waals surface area contributed by atoms with Gasteiger partial charge in [-0.05, 0) is 24.6 Å². The molecule has 0 aliphatic rings. The zero-order chi connectivity index (χ0) is 11.4. The normalized spacial score (nSPS) is 11.8. The Morgan fingerprint density at radius 2 is 2.12 bits per heavy atom. The molecule has 1 aromatic heterocycles. The topological polar surface area (TPSA) is 43.8 Å². The summed E-state index contributed by atoms with van der Waals surface area (Å²) >= 11 is 0. The molecule has 2 aromatic rings. The van der Waals surface area contributed by atoms with E-state index in [0.29, 0.717) is 6.54 Å². The summed E-state index contributed by atoms with van der Waals surface area (Å²) in [5, 5.41) is 4.32. The average Bonchev–Trinajstić information content (AvgIpc) is 2.80. The number of allylic oxidation sites excluding steroid dienone is 1. The molecular weight excluding hydrogens is 198 g/mol. The van der Waals surface area contributed by atoms with E-state index in [0.717, 1.165) is 16.8 Å². The molecule has 3 nitrogen and oxygen atoms in total. The predicted octanol–water partition coefficient (Wildman–Crippen LogP) is 2.23. The van der Waals surface area contributed by atoms with Crippen LogP contribution in [0.25, 0.3) is 11.3 Å². The van der Waals surface area contributed by atoms with Crippen LogP contribution in [0.4, 0.5) is 0 Å². The standard InChI is InChI=1S/C13H15N3/c1-11(7-8-14)12-9-15-16(10-12)13-5-3-2-4-6-13/h2-7,9-10H,8,14H2,1H3/b11-7-. The summed E-state index contributed by atoms with van der Waals surface area (Å²) in [7, 11) is 0. The Kier molecular flexibility index (Phi) is 3.17. The molecule has 2 N–H and O–H groups in total. The highest BCUT2D eigenvalue weighted by atomic mass is 15.3. The fourth-order valence-corrected chi connectivity index (χ4v) is 1.54. The lowest BCUT2D eigenvalue weighted by atomic mass is 10.1. The summed E-state index contributed by atoms with van der Waals surface area (Å²) in [6.07, 6.45) is 5.86. The van der Waals surface area contributed by atoms with Crippen LogP contribution in [0.3, 0.4) is 0 Å². The molecule has 2 rings (SSSR count). The zero-order valence-electron chi connectivity index (χ0n) is 9.30. The molecule has 0 fully saturated rings. The third-order valence-electron chi connectivity index (χ3n) is 2.48. The molecule has 1 heterocycles. The van der Waals surface area contributed by atoms with Crippen LogP contribution in [0.1, 0.15) is 12.5 Å². The van der Waals surface area contributed by atoms with Gasteiger partial charge in [0.05, 0.1) is 11.9 Å². The van der Waals surface area contributed by atoms with E-state index in [2.05, 4.69) is 5.10 Å². The summed E-state index contributed by atoms with van der Waals surface area (Å²) in [6, 6.07) is 10.0. The number of nitrogens with zero attached hydrogens (tertiary/aromatic N) is 2. The fraction of sp³-hybridized carbons (Fsp3) is 0.154. The van der Waals surface area contributed by atoms with Crippen LogP contribution in [-0.4, -0.2) is 16.3 Å². The predicted molar refractivity (Wildman–Crippen MR) is 66.3 cm³/mol. The molecule has 3 heteroatoms. The number of hydrogen-bond donors (Lipinski definition) is 1. The second-order valence-electron chi connectivity index (χ2n) is 3.63. The van der Waals surface area contributed by atoms with E-state index >= 15 is 0 Å². The van der Waals surface area contributed by atoms with Crippen LogP contribution in [0.2, 0.25) is 0 Å². The minimum Gasteiger partial charge on any atom is -0.327 e. The van der Waals surface area contributed by atoms with Gasteiger partial charge in [-0.15, -0.1) is 0 Å². The van der Waals surface area contributed by atoms with Crippen molar-refractivity contribution in [2.45, 2.75) is 6.92 Å². The first-order chi connectivity index (χ1) is 7.81. The zero-order valence-corrected chi connectivity index (χ0v) is 9.30. The molecule has 0 bridgehead atoms. The summed E-state index contributed by atoms with van der Waals surface area (Å²) in [5.74, 6) is 0. The maximum atomic E-state index is 5.48. The minimum atomic E-state index is 0.558. The quantitative estimate of drug-likeness (QED) is 0.849. The van der Waals surface area contributed by atoms with Gasteiger partial charge >= 0.3 is 0 Å². The van der Waals surface area contributed by atoms with Gasteiger partial charge in [-0.1, -0.05) is 24.3 Å². The highest BCUT2D eigenvalue weighted by molar-refractivity contribution is 5.62. The number of rotatable bonds is 3. The van der Waals surface area contributed by atoms with Gasteiger partial charge in [0.25, 0.3) is 0 Å². The van der Waals surface area contributed by atoms with Crippen LogP contribution in [0.5, 0.6) is 0 Å². The first-order valence-corrected chi connectivity index (χ1v) is 5.28. The molecule has 0 aliphatic carbocycles. The first-order valence-electron chi connectivity index (χ1n) is 5.28. The SMILES string of the molecule is C/C(=C/CN)c1cnn(-c2ccccc2)c1. The molecule has 0 saturated heterocycles. The van der Waals surface area contributed by atoms with Gasteiger partial charge in [-0.25, -0.2) is 4.68 Å². The highest BCUT2D eigenvalue weighted by Crippen LogP contribution is 2.14. The molecule has 0 unspecified atom stereocenters. The summed E-state index contributed by atoms with van der Waals surface area (Å²) in [6.45, 7) is 2.60. The largest absolute Gasteiger partial charge is 0.327 e. The molecule has 0 amide bonds. The van der Waals surface area contributed by atoms with E-state index in [-0.39, 0.29) is 0 Å². The fourth-order valence-electron chi connectivity index (χ4n) is 1.54. The maximum Gasteiger partial charge on any atom is 0.0645 e. The van der Waals surface area contributed by atoms with Gasteiger partial charge in [0.2, 0.25) is 0 Å². The lowest BCUT2D eigenvalue weighted by Gasteiger charge is -1.99. The van der Waals surface area contributed by atoms with Gasteiger partial charge in [-0.2, -0.15) is 5.10 Å². The number of nitrogens with two attached hydrogens (primary N) is 1. The number of aromatic nitrogens is 2. The summed E-state index contributed by atoms with van der Waals surface area (Å²) in [5.41, 5.74) is 8.81. The van der Waals surface area contributed by atoms with Crippen molar-refractivity contribution in [2.75, 3.05) is 6.54 Å².